The third-order valence-corrected chi connectivity index (χ3v) is 6.91. The minimum Gasteiger partial charge on any atom is -0.351 e. The molecule has 0 bridgehead atoms. The zero-order chi connectivity index (χ0) is 22.5. The molecule has 0 radical (unpaired) electrons. The molecule has 1 fully saturated rings. The van der Waals surface area contributed by atoms with Crippen LogP contribution in [0.1, 0.15) is 42.2 Å². The maximum absolute atomic E-state index is 15.0. The van der Waals surface area contributed by atoms with Gasteiger partial charge in [-0.15, -0.1) is 11.3 Å². The first-order valence-corrected chi connectivity index (χ1v) is 11.9. The number of rotatable bonds is 7. The van der Waals surface area contributed by atoms with Crippen molar-refractivity contribution in [2.75, 3.05) is 4.90 Å². The summed E-state index contributed by atoms with van der Waals surface area (Å²) < 4.78 is 15.0. The lowest BCUT2D eigenvalue weighted by Crippen LogP contribution is -2.47. The zero-order valence-electron chi connectivity index (χ0n) is 17.5. The highest BCUT2D eigenvalue weighted by Gasteiger charge is 2.36. The van der Waals surface area contributed by atoms with Crippen molar-refractivity contribution >= 4 is 40.4 Å². The van der Waals surface area contributed by atoms with Gasteiger partial charge in [0.15, 0.2) is 0 Å². The Labute approximate surface area is 196 Å². The Balaban J connectivity index is 1.79. The Kier molecular flexibility index (Phi) is 7.22. The van der Waals surface area contributed by atoms with Gasteiger partial charge < -0.3 is 5.32 Å². The van der Waals surface area contributed by atoms with Gasteiger partial charge in [0, 0.05) is 21.5 Å². The van der Waals surface area contributed by atoms with E-state index in [2.05, 4.69) is 5.32 Å². The van der Waals surface area contributed by atoms with Gasteiger partial charge in [-0.05, 0) is 42.5 Å². The third-order valence-electron chi connectivity index (χ3n) is 5.69. The third kappa shape index (κ3) is 5.03. The Morgan fingerprint density at radius 2 is 1.78 bits per heavy atom. The molecule has 0 spiro atoms. The fourth-order valence-corrected chi connectivity index (χ4v) is 5.09. The first kappa shape index (κ1) is 22.5. The number of anilines is 1. The monoisotopic (exact) mass is 470 g/mol. The fourth-order valence-electron chi connectivity index (χ4n) is 4.16. The van der Waals surface area contributed by atoms with Crippen molar-refractivity contribution in [1.29, 1.82) is 0 Å². The predicted octanol–water partition coefficient (Wildman–Crippen LogP) is 5.92. The standard InChI is InChI=1S/C25H24ClFN2O2S/c26-20-12-4-3-11-19(20)24(25(31)28-17-8-1-2-9-17)29(22-14-6-5-13-21(22)27)23(30)16-18-10-7-15-32-18/h3-7,10-15,17,24H,1-2,8-9,16H2,(H,28,31). The lowest BCUT2D eigenvalue weighted by atomic mass is 10.0. The SMILES string of the molecule is O=C(NC1CCCC1)C(c1ccccc1Cl)N(C(=O)Cc1cccs1)c1ccccc1F. The lowest BCUT2D eigenvalue weighted by Gasteiger charge is -2.33. The molecule has 1 atom stereocenters. The highest BCUT2D eigenvalue weighted by atomic mass is 35.5. The van der Waals surface area contributed by atoms with E-state index < -0.39 is 11.9 Å². The molecule has 1 aliphatic rings. The van der Waals surface area contributed by atoms with E-state index in [1.165, 1.54) is 28.4 Å². The molecule has 1 heterocycles. The van der Waals surface area contributed by atoms with Gasteiger partial charge >= 0.3 is 0 Å². The summed E-state index contributed by atoms with van der Waals surface area (Å²) in [7, 11) is 0. The summed E-state index contributed by atoms with van der Waals surface area (Å²) in [4.78, 5) is 29.3. The van der Waals surface area contributed by atoms with Crippen LogP contribution in [0, 0.1) is 5.82 Å². The van der Waals surface area contributed by atoms with Gasteiger partial charge in [0.05, 0.1) is 12.1 Å². The number of halogens is 2. The van der Waals surface area contributed by atoms with Crippen molar-refractivity contribution in [3.63, 3.8) is 0 Å². The van der Waals surface area contributed by atoms with Crippen LogP contribution >= 0.6 is 22.9 Å². The van der Waals surface area contributed by atoms with Crippen LogP contribution in [0.15, 0.2) is 66.0 Å². The minimum atomic E-state index is -1.09. The van der Waals surface area contributed by atoms with Crippen molar-refractivity contribution in [3.05, 3.63) is 87.3 Å². The van der Waals surface area contributed by atoms with E-state index in [9.17, 15) is 14.0 Å². The second-order valence-corrected chi connectivity index (χ2v) is 9.32. The van der Waals surface area contributed by atoms with E-state index in [0.717, 1.165) is 30.6 Å². The first-order chi connectivity index (χ1) is 15.5. The van der Waals surface area contributed by atoms with Gasteiger partial charge in [0.25, 0.3) is 0 Å². The summed E-state index contributed by atoms with van der Waals surface area (Å²) in [6.45, 7) is 0. The molecule has 4 rings (SSSR count). The highest BCUT2D eigenvalue weighted by molar-refractivity contribution is 7.10. The minimum absolute atomic E-state index is 0.0438. The molecule has 4 nitrogen and oxygen atoms in total. The Hall–Kier alpha value is -2.70. The summed E-state index contributed by atoms with van der Waals surface area (Å²) in [6.07, 6.45) is 3.95. The van der Waals surface area contributed by atoms with Crippen LogP contribution in [0.2, 0.25) is 5.02 Å². The number of amides is 2. The molecule has 3 aromatic rings. The van der Waals surface area contributed by atoms with E-state index >= 15 is 0 Å². The van der Waals surface area contributed by atoms with Gasteiger partial charge in [-0.3, -0.25) is 14.5 Å². The number of nitrogens with one attached hydrogen (secondary N) is 1. The molecule has 1 aromatic heterocycles. The van der Waals surface area contributed by atoms with Crippen LogP contribution in [-0.2, 0) is 16.0 Å². The number of hydrogen-bond donors (Lipinski definition) is 1. The smallest absolute Gasteiger partial charge is 0.248 e. The van der Waals surface area contributed by atoms with Crippen molar-refractivity contribution in [2.45, 2.75) is 44.2 Å². The van der Waals surface area contributed by atoms with Crippen LogP contribution in [0.4, 0.5) is 10.1 Å². The average molecular weight is 471 g/mol. The topological polar surface area (TPSA) is 49.4 Å². The van der Waals surface area contributed by atoms with Crippen molar-refractivity contribution < 1.29 is 14.0 Å². The number of carbonyl (C=O) groups is 2. The average Bonchev–Trinajstić information content (AvgIpc) is 3.48. The molecule has 7 heteroatoms. The molecule has 1 N–H and O–H groups in total. The first-order valence-electron chi connectivity index (χ1n) is 10.7. The second-order valence-electron chi connectivity index (χ2n) is 7.89. The molecular formula is C25H24ClFN2O2S. The van der Waals surface area contributed by atoms with Gasteiger partial charge in [-0.1, -0.05) is 60.8 Å². The number of carbonyl (C=O) groups excluding carboxylic acids is 2. The Morgan fingerprint density at radius 3 is 2.47 bits per heavy atom. The van der Waals surface area contributed by atoms with Gasteiger partial charge in [0.2, 0.25) is 11.8 Å². The van der Waals surface area contributed by atoms with Crippen LogP contribution in [0.5, 0.6) is 0 Å². The Bertz CT molecular complexity index is 1080. The molecule has 1 saturated carbocycles. The van der Waals surface area contributed by atoms with Crippen LogP contribution < -0.4 is 10.2 Å². The fraction of sp³-hybridized carbons (Fsp3) is 0.280. The molecule has 166 valence electrons. The van der Waals surface area contributed by atoms with E-state index in [1.807, 2.05) is 17.5 Å². The van der Waals surface area contributed by atoms with E-state index in [0.29, 0.717) is 10.6 Å². The molecule has 2 amide bonds. The molecule has 0 saturated heterocycles. The number of hydrogen-bond acceptors (Lipinski definition) is 3. The van der Waals surface area contributed by atoms with E-state index in [4.69, 9.17) is 11.6 Å². The van der Waals surface area contributed by atoms with Crippen molar-refractivity contribution in [3.8, 4) is 0 Å². The summed E-state index contributed by atoms with van der Waals surface area (Å²) in [5.74, 6) is -1.30. The van der Waals surface area contributed by atoms with Gasteiger partial charge in [-0.25, -0.2) is 4.39 Å². The lowest BCUT2D eigenvalue weighted by molar-refractivity contribution is -0.127. The molecular weight excluding hydrogens is 447 g/mol. The quantitative estimate of drug-likeness (QED) is 0.466. The van der Waals surface area contributed by atoms with E-state index in [1.54, 1.807) is 36.4 Å². The maximum Gasteiger partial charge on any atom is 0.248 e. The Morgan fingerprint density at radius 1 is 1.06 bits per heavy atom. The van der Waals surface area contributed by atoms with E-state index in [-0.39, 0.29) is 30.0 Å². The number of thiophene rings is 1. The van der Waals surface area contributed by atoms with Crippen LogP contribution in [0.25, 0.3) is 0 Å². The predicted molar refractivity (Wildman–Crippen MR) is 127 cm³/mol. The summed E-state index contributed by atoms with van der Waals surface area (Å²) in [5.41, 5.74) is 0.521. The number of nitrogens with zero attached hydrogens (tertiary/aromatic N) is 1. The van der Waals surface area contributed by atoms with Crippen molar-refractivity contribution in [1.82, 2.24) is 5.32 Å². The van der Waals surface area contributed by atoms with Crippen LogP contribution in [-0.4, -0.2) is 17.9 Å². The molecule has 1 aliphatic carbocycles. The molecule has 1 unspecified atom stereocenters. The number of benzene rings is 2. The second kappa shape index (κ2) is 10.3. The van der Waals surface area contributed by atoms with Crippen molar-refractivity contribution in [2.24, 2.45) is 0 Å². The van der Waals surface area contributed by atoms with Gasteiger partial charge in [-0.2, -0.15) is 0 Å². The largest absolute Gasteiger partial charge is 0.351 e. The maximum atomic E-state index is 15.0. The molecule has 32 heavy (non-hydrogen) atoms. The molecule has 0 aliphatic heterocycles. The summed E-state index contributed by atoms with van der Waals surface area (Å²) >= 11 is 7.93. The molecule has 2 aromatic carbocycles. The highest BCUT2D eigenvalue weighted by Crippen LogP contribution is 2.34. The van der Waals surface area contributed by atoms with Gasteiger partial charge in [0.1, 0.15) is 11.9 Å². The normalized spacial score (nSPS) is 14.8. The zero-order valence-corrected chi connectivity index (χ0v) is 19.0. The number of para-hydroxylation sites is 1. The summed E-state index contributed by atoms with van der Waals surface area (Å²) in [5, 5.41) is 5.31. The summed E-state index contributed by atoms with van der Waals surface area (Å²) in [6, 6.07) is 15.6. The van der Waals surface area contributed by atoms with Crippen LogP contribution in [0.3, 0.4) is 0 Å².